The molecule has 0 aliphatic rings. The highest BCUT2D eigenvalue weighted by molar-refractivity contribution is 5.83. The summed E-state index contributed by atoms with van der Waals surface area (Å²) in [5.74, 6) is 1.17. The van der Waals surface area contributed by atoms with Crippen LogP contribution in [0.3, 0.4) is 0 Å². The number of hydrogen-bond acceptors (Lipinski definition) is 3. The zero-order valence-electron chi connectivity index (χ0n) is 9.71. The van der Waals surface area contributed by atoms with Crippen molar-refractivity contribution < 1.29 is 4.74 Å². The molecule has 0 unspecified atom stereocenters. The lowest BCUT2D eigenvalue weighted by atomic mass is 10.2. The number of anilines is 1. The number of hydrogen-bond donors (Lipinski definition) is 1. The molecule has 1 aromatic heterocycles. The van der Waals surface area contributed by atoms with E-state index in [4.69, 9.17) is 10.5 Å². The third-order valence-electron chi connectivity index (χ3n) is 2.67. The van der Waals surface area contributed by atoms with Crippen molar-refractivity contribution in [1.82, 2.24) is 4.98 Å². The first kappa shape index (κ1) is 10.6. The summed E-state index contributed by atoms with van der Waals surface area (Å²) >= 11 is 0. The van der Waals surface area contributed by atoms with Crippen LogP contribution in [0.2, 0.25) is 0 Å². The van der Waals surface area contributed by atoms with Gasteiger partial charge < -0.3 is 10.5 Å². The molecular formula is C15H12N2O. The smallest absolute Gasteiger partial charge is 0.243 e. The normalized spacial score (nSPS) is 10.4. The Morgan fingerprint density at radius 1 is 0.889 bits per heavy atom. The minimum Gasteiger partial charge on any atom is -0.437 e. The summed E-state index contributed by atoms with van der Waals surface area (Å²) in [5.41, 5.74) is 7.36. The number of nitrogens with two attached hydrogens (primary N) is 1. The second-order valence-corrected chi connectivity index (χ2v) is 3.99. The molecule has 88 valence electrons. The Balaban J connectivity index is 2.04. The average molecular weight is 236 g/mol. The predicted octanol–water partition coefficient (Wildman–Crippen LogP) is 3.61. The molecule has 2 aromatic carbocycles. The fraction of sp³-hybridized carbons (Fsp3) is 0. The molecule has 3 aromatic rings. The minimum atomic E-state index is 0.444. The molecule has 1 heterocycles. The van der Waals surface area contributed by atoms with Crippen LogP contribution in [0.15, 0.2) is 60.7 Å². The Morgan fingerprint density at radius 3 is 2.44 bits per heavy atom. The molecule has 0 radical (unpaired) electrons. The Kier molecular flexibility index (Phi) is 2.57. The van der Waals surface area contributed by atoms with Crippen molar-refractivity contribution >= 4 is 16.6 Å². The number of para-hydroxylation sites is 2. The molecular weight excluding hydrogens is 224 g/mol. The van der Waals surface area contributed by atoms with E-state index in [9.17, 15) is 0 Å². The topological polar surface area (TPSA) is 48.1 Å². The summed E-state index contributed by atoms with van der Waals surface area (Å²) in [4.78, 5) is 4.42. The first-order valence-corrected chi connectivity index (χ1v) is 5.71. The largest absolute Gasteiger partial charge is 0.437 e. The van der Waals surface area contributed by atoms with E-state index in [1.807, 2.05) is 60.7 Å². The van der Waals surface area contributed by atoms with E-state index in [1.54, 1.807) is 0 Å². The summed E-state index contributed by atoms with van der Waals surface area (Å²) in [6, 6.07) is 19.2. The van der Waals surface area contributed by atoms with Crippen LogP contribution in [0.5, 0.6) is 11.6 Å². The van der Waals surface area contributed by atoms with Crippen LogP contribution in [0, 0.1) is 0 Å². The molecule has 3 heteroatoms. The van der Waals surface area contributed by atoms with E-state index in [2.05, 4.69) is 4.98 Å². The summed E-state index contributed by atoms with van der Waals surface area (Å²) in [7, 11) is 0. The fourth-order valence-electron chi connectivity index (χ4n) is 1.80. The highest BCUT2D eigenvalue weighted by atomic mass is 16.5. The molecule has 0 saturated heterocycles. The van der Waals surface area contributed by atoms with Crippen LogP contribution < -0.4 is 10.5 Å². The van der Waals surface area contributed by atoms with Crippen molar-refractivity contribution in [2.75, 3.05) is 5.73 Å². The summed E-state index contributed by atoms with van der Waals surface area (Å²) in [6.45, 7) is 0. The van der Waals surface area contributed by atoms with Crippen LogP contribution >= 0.6 is 0 Å². The van der Waals surface area contributed by atoms with Crippen molar-refractivity contribution in [1.29, 1.82) is 0 Å². The minimum absolute atomic E-state index is 0.444. The van der Waals surface area contributed by atoms with Gasteiger partial charge in [0.15, 0.2) is 0 Å². The second kappa shape index (κ2) is 4.37. The van der Waals surface area contributed by atoms with Crippen molar-refractivity contribution in [3.8, 4) is 11.6 Å². The van der Waals surface area contributed by atoms with Gasteiger partial charge in [-0.3, -0.25) is 0 Å². The molecule has 0 aliphatic carbocycles. The Bertz CT molecular complexity index is 680. The van der Waals surface area contributed by atoms with Crippen LogP contribution in [0.4, 0.5) is 5.69 Å². The van der Waals surface area contributed by atoms with Gasteiger partial charge in [0.05, 0.1) is 11.2 Å². The number of nitrogens with zero attached hydrogens (tertiary/aromatic N) is 1. The van der Waals surface area contributed by atoms with Gasteiger partial charge in [0.1, 0.15) is 5.75 Å². The van der Waals surface area contributed by atoms with Crippen molar-refractivity contribution in [3.63, 3.8) is 0 Å². The number of fused-ring (bicyclic) bond motifs is 1. The lowest BCUT2D eigenvalue weighted by molar-refractivity contribution is 0.467. The van der Waals surface area contributed by atoms with Gasteiger partial charge in [-0.05, 0) is 24.3 Å². The Labute approximate surface area is 105 Å². The van der Waals surface area contributed by atoms with Gasteiger partial charge in [-0.1, -0.05) is 36.4 Å². The maximum atomic E-state index is 5.95. The Morgan fingerprint density at radius 2 is 1.61 bits per heavy atom. The van der Waals surface area contributed by atoms with E-state index in [0.29, 0.717) is 11.6 Å². The molecule has 2 N–H and O–H groups in total. The van der Waals surface area contributed by atoms with Crippen LogP contribution in [0.25, 0.3) is 10.9 Å². The van der Waals surface area contributed by atoms with E-state index < -0.39 is 0 Å². The highest BCUT2D eigenvalue weighted by Gasteiger charge is 2.05. The molecule has 0 bridgehead atoms. The van der Waals surface area contributed by atoms with Crippen LogP contribution in [0.1, 0.15) is 0 Å². The molecule has 0 saturated carbocycles. The lowest BCUT2D eigenvalue weighted by Crippen LogP contribution is -1.95. The third-order valence-corrected chi connectivity index (χ3v) is 2.67. The van der Waals surface area contributed by atoms with Gasteiger partial charge in [-0.2, -0.15) is 0 Å². The van der Waals surface area contributed by atoms with Crippen molar-refractivity contribution in [3.05, 3.63) is 60.7 Å². The zero-order valence-corrected chi connectivity index (χ0v) is 9.71. The number of benzene rings is 2. The zero-order chi connectivity index (χ0) is 12.4. The number of ether oxygens (including phenoxy) is 1. The first-order valence-electron chi connectivity index (χ1n) is 5.71. The summed E-state index contributed by atoms with van der Waals surface area (Å²) < 4.78 is 5.68. The number of rotatable bonds is 2. The molecule has 0 aliphatic heterocycles. The first-order chi connectivity index (χ1) is 8.83. The summed E-state index contributed by atoms with van der Waals surface area (Å²) in [6.07, 6.45) is 0. The monoisotopic (exact) mass is 236 g/mol. The lowest BCUT2D eigenvalue weighted by Gasteiger charge is -2.08. The maximum absolute atomic E-state index is 5.95. The van der Waals surface area contributed by atoms with E-state index in [1.165, 1.54) is 0 Å². The van der Waals surface area contributed by atoms with E-state index in [-0.39, 0.29) is 0 Å². The van der Waals surface area contributed by atoms with E-state index >= 15 is 0 Å². The van der Waals surface area contributed by atoms with Gasteiger partial charge >= 0.3 is 0 Å². The molecule has 0 amide bonds. The van der Waals surface area contributed by atoms with Gasteiger partial charge in [-0.15, -0.1) is 0 Å². The van der Waals surface area contributed by atoms with Crippen molar-refractivity contribution in [2.45, 2.75) is 0 Å². The highest BCUT2D eigenvalue weighted by Crippen LogP contribution is 2.28. The summed E-state index contributed by atoms with van der Waals surface area (Å²) in [5, 5.41) is 1.01. The molecule has 0 spiro atoms. The van der Waals surface area contributed by atoms with Gasteiger partial charge in [0.2, 0.25) is 5.88 Å². The molecule has 18 heavy (non-hydrogen) atoms. The molecule has 3 nitrogen and oxygen atoms in total. The quantitative estimate of drug-likeness (QED) is 0.739. The Hall–Kier alpha value is -2.55. The third kappa shape index (κ3) is 1.98. The number of pyridine rings is 1. The van der Waals surface area contributed by atoms with Gasteiger partial charge in [0, 0.05) is 5.39 Å². The van der Waals surface area contributed by atoms with Gasteiger partial charge in [-0.25, -0.2) is 4.98 Å². The van der Waals surface area contributed by atoms with Crippen LogP contribution in [-0.2, 0) is 0 Å². The maximum Gasteiger partial charge on any atom is 0.243 e. The molecule has 3 rings (SSSR count). The molecule has 0 atom stereocenters. The second-order valence-electron chi connectivity index (χ2n) is 3.99. The SMILES string of the molecule is Nc1cc2ccccc2nc1Oc1ccccc1. The van der Waals surface area contributed by atoms with Gasteiger partial charge in [0.25, 0.3) is 0 Å². The van der Waals surface area contributed by atoms with Crippen LogP contribution in [-0.4, -0.2) is 4.98 Å². The fourth-order valence-corrected chi connectivity index (χ4v) is 1.80. The average Bonchev–Trinajstić information content (AvgIpc) is 2.41. The number of nitrogen functional groups attached to an aromatic ring is 1. The standard InChI is InChI=1S/C15H12N2O/c16-13-10-11-6-4-5-9-14(11)17-15(13)18-12-7-2-1-3-8-12/h1-10H,16H2. The number of aromatic nitrogens is 1. The van der Waals surface area contributed by atoms with E-state index in [0.717, 1.165) is 16.7 Å². The van der Waals surface area contributed by atoms with Crippen molar-refractivity contribution in [2.24, 2.45) is 0 Å². The molecule has 0 fully saturated rings. The predicted molar refractivity (Wildman–Crippen MR) is 72.7 cm³/mol.